The van der Waals surface area contributed by atoms with Crippen LogP contribution in [0.25, 0.3) is 0 Å². The molecular formula is C21H37ClIN5O. The van der Waals surface area contributed by atoms with Gasteiger partial charge in [-0.05, 0) is 31.5 Å². The molecule has 166 valence electrons. The number of aliphatic imine (C=N–C) groups is 1. The highest BCUT2D eigenvalue weighted by Crippen LogP contribution is 2.28. The summed E-state index contributed by atoms with van der Waals surface area (Å²) in [4.78, 5) is 9.10. The molecule has 0 bridgehead atoms. The summed E-state index contributed by atoms with van der Waals surface area (Å²) in [6, 6.07) is 6.15. The molecule has 1 aromatic rings. The molecule has 8 heteroatoms. The Morgan fingerprint density at radius 1 is 1.21 bits per heavy atom. The Bertz CT molecular complexity index is 621. The molecule has 1 saturated heterocycles. The van der Waals surface area contributed by atoms with Crippen LogP contribution in [0, 0.1) is 5.92 Å². The minimum Gasteiger partial charge on any atom is -0.381 e. The lowest BCUT2D eigenvalue weighted by molar-refractivity contribution is 0.108. The number of nitrogens with one attached hydrogen (secondary N) is 2. The van der Waals surface area contributed by atoms with Gasteiger partial charge in [-0.3, -0.25) is 4.99 Å². The summed E-state index contributed by atoms with van der Waals surface area (Å²) in [5, 5.41) is 7.54. The van der Waals surface area contributed by atoms with Crippen molar-refractivity contribution in [3.63, 3.8) is 0 Å². The molecule has 0 aromatic heterocycles. The second-order valence-corrected chi connectivity index (χ2v) is 8.11. The van der Waals surface area contributed by atoms with Crippen molar-refractivity contribution in [3.8, 4) is 0 Å². The third-order valence-corrected chi connectivity index (χ3v) is 5.16. The summed E-state index contributed by atoms with van der Waals surface area (Å²) in [6.07, 6.45) is 0.950. The lowest BCUT2D eigenvalue weighted by Crippen LogP contribution is -2.45. The SMILES string of the molecule is CN=C(NCCCOCC(C)C)NCc1c(Cl)cccc1N1CCN(C)CC1.I. The number of likely N-dealkylation sites (N-methyl/N-ethyl adjacent to an activating group) is 1. The van der Waals surface area contributed by atoms with E-state index in [1.165, 1.54) is 5.69 Å². The summed E-state index contributed by atoms with van der Waals surface area (Å²) in [5.74, 6) is 1.36. The van der Waals surface area contributed by atoms with Crippen molar-refractivity contribution in [2.45, 2.75) is 26.8 Å². The predicted octanol–water partition coefficient (Wildman–Crippen LogP) is 3.44. The van der Waals surface area contributed by atoms with Crippen molar-refractivity contribution in [1.82, 2.24) is 15.5 Å². The lowest BCUT2D eigenvalue weighted by atomic mass is 10.1. The zero-order valence-corrected chi connectivity index (χ0v) is 21.3. The Kier molecular flexibility index (Phi) is 12.9. The van der Waals surface area contributed by atoms with E-state index in [0.29, 0.717) is 12.5 Å². The Hall–Kier alpha value is -0.770. The summed E-state index contributed by atoms with van der Waals surface area (Å²) in [5.41, 5.74) is 2.34. The highest BCUT2D eigenvalue weighted by molar-refractivity contribution is 14.0. The molecule has 1 aromatic carbocycles. The molecule has 0 radical (unpaired) electrons. The standard InChI is InChI=1S/C21H36ClN5O.HI/c1-17(2)16-28-14-6-9-24-21(23-3)25-15-18-19(22)7-5-8-20(18)27-12-10-26(4)11-13-27;/h5,7-8,17H,6,9-16H2,1-4H3,(H2,23,24,25);1H. The monoisotopic (exact) mass is 537 g/mol. The Morgan fingerprint density at radius 3 is 2.59 bits per heavy atom. The molecule has 1 aliphatic rings. The van der Waals surface area contributed by atoms with E-state index < -0.39 is 0 Å². The summed E-state index contributed by atoms with van der Waals surface area (Å²) in [7, 11) is 3.96. The number of halogens is 2. The van der Waals surface area contributed by atoms with E-state index in [4.69, 9.17) is 16.3 Å². The van der Waals surface area contributed by atoms with E-state index in [1.54, 1.807) is 7.05 Å². The van der Waals surface area contributed by atoms with Gasteiger partial charge in [0.25, 0.3) is 0 Å². The van der Waals surface area contributed by atoms with Gasteiger partial charge in [0.2, 0.25) is 0 Å². The lowest BCUT2D eigenvalue weighted by Gasteiger charge is -2.35. The third kappa shape index (κ3) is 9.27. The van der Waals surface area contributed by atoms with Crippen LogP contribution in [0.1, 0.15) is 25.8 Å². The highest BCUT2D eigenvalue weighted by Gasteiger charge is 2.18. The maximum absolute atomic E-state index is 6.54. The van der Waals surface area contributed by atoms with Crippen molar-refractivity contribution in [2.75, 3.05) is 64.9 Å². The fourth-order valence-corrected chi connectivity index (χ4v) is 3.40. The molecule has 1 heterocycles. The van der Waals surface area contributed by atoms with Crippen molar-refractivity contribution in [3.05, 3.63) is 28.8 Å². The normalized spacial score (nSPS) is 15.4. The van der Waals surface area contributed by atoms with Gasteiger partial charge in [-0.2, -0.15) is 0 Å². The van der Waals surface area contributed by atoms with Gasteiger partial charge in [0.05, 0.1) is 0 Å². The minimum atomic E-state index is 0. The average Bonchev–Trinajstić information content (AvgIpc) is 2.68. The van der Waals surface area contributed by atoms with Crippen LogP contribution in [0.4, 0.5) is 5.69 Å². The largest absolute Gasteiger partial charge is 0.381 e. The minimum absolute atomic E-state index is 0. The molecule has 29 heavy (non-hydrogen) atoms. The van der Waals surface area contributed by atoms with Gasteiger partial charge in [0.1, 0.15) is 0 Å². The fraction of sp³-hybridized carbons (Fsp3) is 0.667. The molecule has 6 nitrogen and oxygen atoms in total. The van der Waals surface area contributed by atoms with Gasteiger partial charge in [0.15, 0.2) is 5.96 Å². The van der Waals surface area contributed by atoms with E-state index in [9.17, 15) is 0 Å². The number of nitrogens with zero attached hydrogens (tertiary/aromatic N) is 3. The molecule has 0 aliphatic carbocycles. The summed E-state index contributed by atoms with van der Waals surface area (Å²) < 4.78 is 5.62. The van der Waals surface area contributed by atoms with Gasteiger partial charge in [-0.1, -0.05) is 31.5 Å². The molecule has 0 atom stereocenters. The topological polar surface area (TPSA) is 52.1 Å². The molecule has 1 fully saturated rings. The number of benzene rings is 1. The molecular weight excluding hydrogens is 501 g/mol. The maximum Gasteiger partial charge on any atom is 0.191 e. The smallest absolute Gasteiger partial charge is 0.191 e. The molecule has 1 aliphatic heterocycles. The van der Waals surface area contributed by atoms with Crippen molar-refractivity contribution in [2.24, 2.45) is 10.9 Å². The van der Waals surface area contributed by atoms with E-state index in [-0.39, 0.29) is 24.0 Å². The zero-order valence-electron chi connectivity index (χ0n) is 18.2. The quantitative estimate of drug-likeness (QED) is 0.219. The first kappa shape index (κ1) is 26.3. The van der Waals surface area contributed by atoms with Crippen LogP contribution in [0.3, 0.4) is 0 Å². The van der Waals surface area contributed by atoms with E-state index in [0.717, 1.165) is 68.9 Å². The summed E-state index contributed by atoms with van der Waals surface area (Å²) >= 11 is 6.54. The Morgan fingerprint density at radius 2 is 1.93 bits per heavy atom. The number of ether oxygens (including phenoxy) is 1. The second-order valence-electron chi connectivity index (χ2n) is 7.70. The van der Waals surface area contributed by atoms with Crippen LogP contribution in [0.15, 0.2) is 23.2 Å². The first-order valence-corrected chi connectivity index (χ1v) is 10.6. The van der Waals surface area contributed by atoms with Gasteiger partial charge >= 0.3 is 0 Å². The fourth-order valence-electron chi connectivity index (χ4n) is 3.16. The van der Waals surface area contributed by atoms with Crippen molar-refractivity contribution >= 4 is 47.2 Å². The highest BCUT2D eigenvalue weighted by atomic mass is 127. The van der Waals surface area contributed by atoms with Gasteiger partial charge in [0, 0.05) is 75.8 Å². The number of anilines is 1. The van der Waals surface area contributed by atoms with Crippen molar-refractivity contribution < 1.29 is 4.74 Å². The summed E-state index contributed by atoms with van der Waals surface area (Å²) in [6.45, 7) is 11.6. The van der Waals surface area contributed by atoms with Crippen LogP contribution in [-0.4, -0.2) is 70.9 Å². The van der Waals surface area contributed by atoms with Crippen LogP contribution in [0.2, 0.25) is 5.02 Å². The molecule has 0 saturated carbocycles. The zero-order chi connectivity index (χ0) is 20.4. The maximum atomic E-state index is 6.54. The predicted molar refractivity (Wildman–Crippen MR) is 135 cm³/mol. The first-order chi connectivity index (χ1) is 13.5. The first-order valence-electron chi connectivity index (χ1n) is 10.2. The molecule has 2 N–H and O–H groups in total. The Labute approximate surface area is 198 Å². The Balaban J connectivity index is 0.00000420. The van der Waals surface area contributed by atoms with E-state index >= 15 is 0 Å². The number of hydrogen-bond acceptors (Lipinski definition) is 4. The number of hydrogen-bond donors (Lipinski definition) is 2. The van der Waals surface area contributed by atoms with Gasteiger partial charge < -0.3 is 25.2 Å². The van der Waals surface area contributed by atoms with Crippen LogP contribution in [0.5, 0.6) is 0 Å². The van der Waals surface area contributed by atoms with Crippen molar-refractivity contribution in [1.29, 1.82) is 0 Å². The third-order valence-electron chi connectivity index (χ3n) is 4.80. The molecule has 0 unspecified atom stereocenters. The number of rotatable bonds is 9. The average molecular weight is 538 g/mol. The van der Waals surface area contributed by atoms with Crippen LogP contribution < -0.4 is 15.5 Å². The number of guanidine groups is 1. The van der Waals surface area contributed by atoms with Crippen LogP contribution in [-0.2, 0) is 11.3 Å². The van der Waals surface area contributed by atoms with Crippen LogP contribution >= 0.6 is 35.6 Å². The van der Waals surface area contributed by atoms with E-state index in [1.807, 2.05) is 12.1 Å². The molecule has 0 spiro atoms. The molecule has 2 rings (SSSR count). The van der Waals surface area contributed by atoms with Gasteiger partial charge in [-0.15, -0.1) is 24.0 Å². The van der Waals surface area contributed by atoms with Gasteiger partial charge in [-0.25, -0.2) is 0 Å². The second kappa shape index (κ2) is 14.3. The molecule has 0 amide bonds. The van der Waals surface area contributed by atoms with E-state index in [2.05, 4.69) is 52.4 Å². The number of piperazine rings is 1.